The van der Waals surface area contributed by atoms with Crippen LogP contribution < -0.4 is 0 Å². The van der Waals surface area contributed by atoms with Crippen LogP contribution in [0.1, 0.15) is 24.7 Å². The van der Waals surface area contributed by atoms with Crippen LogP contribution in [-0.2, 0) is 0 Å². The molecule has 0 spiro atoms. The summed E-state index contributed by atoms with van der Waals surface area (Å²) in [6.07, 6.45) is 0. The van der Waals surface area contributed by atoms with Crippen molar-refractivity contribution in [1.82, 2.24) is 0 Å². The Morgan fingerprint density at radius 1 is 0.372 bits per heavy atom. The van der Waals surface area contributed by atoms with Gasteiger partial charge >= 0.3 is 0 Å². The highest BCUT2D eigenvalue weighted by atomic mass is 16.3. The van der Waals surface area contributed by atoms with Gasteiger partial charge < -0.3 is 4.42 Å². The number of rotatable bonds is 3. The van der Waals surface area contributed by atoms with Gasteiger partial charge in [0.15, 0.2) is 0 Å². The summed E-state index contributed by atoms with van der Waals surface area (Å²) in [6, 6.07) is 2.58. The van der Waals surface area contributed by atoms with Crippen molar-refractivity contribution in [2.45, 2.75) is 0 Å². The summed E-state index contributed by atoms with van der Waals surface area (Å²) < 4.78 is 165. The maximum atomic E-state index is 9.67. The number of hydrogen-bond donors (Lipinski definition) is 0. The average molecular weight is 565 g/mol. The fourth-order valence-corrected chi connectivity index (χ4v) is 5.60. The van der Waals surface area contributed by atoms with E-state index in [-0.39, 0.29) is 55.6 Å². The molecule has 0 aliphatic carbocycles. The van der Waals surface area contributed by atoms with Gasteiger partial charge in [0.05, 0.1) is 24.7 Å². The summed E-state index contributed by atoms with van der Waals surface area (Å²) in [4.78, 5) is 0. The van der Waals surface area contributed by atoms with Gasteiger partial charge in [-0.05, 0) is 95.9 Å². The van der Waals surface area contributed by atoms with Gasteiger partial charge in [-0.15, -0.1) is 0 Å². The first-order chi connectivity index (χ1) is 28.8. The lowest BCUT2D eigenvalue weighted by Crippen LogP contribution is -1.91. The summed E-state index contributed by atoms with van der Waals surface area (Å²) in [5.74, 6) is 0. The zero-order chi connectivity index (χ0) is 44.0. The van der Waals surface area contributed by atoms with E-state index in [4.69, 9.17) is 22.2 Å². The summed E-state index contributed by atoms with van der Waals surface area (Å²) >= 11 is 0. The third-order valence-electron chi connectivity index (χ3n) is 7.44. The molecule has 9 aromatic rings. The minimum atomic E-state index is -0.721. The Morgan fingerprint density at radius 2 is 0.930 bits per heavy atom. The van der Waals surface area contributed by atoms with E-state index in [1.165, 1.54) is 0 Å². The molecule has 0 N–H and O–H groups in total. The quantitative estimate of drug-likeness (QED) is 0.195. The van der Waals surface area contributed by atoms with E-state index in [1.54, 1.807) is 48.5 Å². The molecule has 0 fully saturated rings. The molecule has 0 bridgehead atoms. The van der Waals surface area contributed by atoms with Crippen molar-refractivity contribution in [2.24, 2.45) is 0 Å². The summed E-state index contributed by atoms with van der Waals surface area (Å²) in [5, 5.41) is 0.341. The van der Waals surface area contributed by atoms with Crippen molar-refractivity contribution in [1.29, 1.82) is 0 Å². The van der Waals surface area contributed by atoms with Crippen LogP contribution in [0.3, 0.4) is 0 Å². The second-order valence-corrected chi connectivity index (χ2v) is 9.85. The molecule has 0 amide bonds. The van der Waals surface area contributed by atoms with Crippen LogP contribution in [0.5, 0.6) is 0 Å². The van der Waals surface area contributed by atoms with Crippen molar-refractivity contribution < 1.29 is 29.1 Å². The Balaban J connectivity index is 1.44. The molecule has 0 saturated heterocycles. The zero-order valence-electron chi connectivity index (χ0n) is 40.0. The van der Waals surface area contributed by atoms with E-state index in [0.717, 1.165) is 0 Å². The molecule has 0 aliphatic rings. The molecule has 200 valence electrons. The fraction of sp³-hybridized carbons (Fsp3) is 0. The summed E-state index contributed by atoms with van der Waals surface area (Å²) in [6.45, 7) is 0. The van der Waals surface area contributed by atoms with Gasteiger partial charge in [-0.25, -0.2) is 0 Å². The van der Waals surface area contributed by atoms with Crippen LogP contribution in [0.15, 0.2) is 162 Å². The molecule has 0 radical (unpaired) electrons. The van der Waals surface area contributed by atoms with Crippen molar-refractivity contribution >= 4 is 54.3 Å². The van der Waals surface area contributed by atoms with Crippen LogP contribution in [-0.4, -0.2) is 0 Å². The fourth-order valence-electron chi connectivity index (χ4n) is 5.60. The minimum Gasteiger partial charge on any atom is -0.456 e. The standard InChI is InChI=1S/C42H26O/c1-2-11-28-24-30(21-20-27(28)10-1)29-12-9-13-31(25-29)41-34-15-3-5-17-36(34)42(37-18-6-4-16-35(37)41)32-22-23-40-38(26-32)33-14-7-8-19-39(33)43-40/h1-26H/i1D,2D,7D,8D,9D,10D,11D,12D,13D,14D,19D,20D,21D,22D,23D,24D,25D,26D. The van der Waals surface area contributed by atoms with Crippen molar-refractivity contribution in [2.75, 3.05) is 0 Å². The molecule has 9 rings (SSSR count). The number of hydrogen-bond acceptors (Lipinski definition) is 1. The number of benzene rings is 8. The molecular weight excluding hydrogens is 520 g/mol. The molecule has 43 heavy (non-hydrogen) atoms. The lowest BCUT2D eigenvalue weighted by Gasteiger charge is -2.18. The second-order valence-electron chi connectivity index (χ2n) is 9.85. The molecule has 0 atom stereocenters. The van der Waals surface area contributed by atoms with Gasteiger partial charge in [-0.2, -0.15) is 0 Å². The van der Waals surface area contributed by atoms with E-state index in [2.05, 4.69) is 0 Å². The average Bonchev–Trinajstić information content (AvgIpc) is 3.66. The molecular formula is C42H26O. The molecule has 1 aromatic heterocycles. The monoisotopic (exact) mass is 564 g/mol. The zero-order valence-corrected chi connectivity index (χ0v) is 22.0. The Bertz CT molecular complexity index is 3460. The molecule has 0 unspecified atom stereocenters. The molecule has 8 aromatic carbocycles. The van der Waals surface area contributed by atoms with Crippen molar-refractivity contribution in [3.05, 3.63) is 157 Å². The van der Waals surface area contributed by atoms with E-state index < -0.39 is 119 Å². The highest BCUT2D eigenvalue weighted by molar-refractivity contribution is 6.22. The lowest BCUT2D eigenvalue weighted by molar-refractivity contribution is 0.669. The molecule has 1 heteroatoms. The number of para-hydroxylation sites is 1. The minimum absolute atomic E-state index is 0.0754. The molecule has 1 nitrogen and oxygen atoms in total. The van der Waals surface area contributed by atoms with E-state index in [9.17, 15) is 6.85 Å². The Labute approximate surface area is 274 Å². The predicted molar refractivity (Wildman–Crippen MR) is 183 cm³/mol. The van der Waals surface area contributed by atoms with Crippen LogP contribution in [0.25, 0.3) is 87.6 Å². The van der Waals surface area contributed by atoms with Crippen molar-refractivity contribution in [3.8, 4) is 33.4 Å². The van der Waals surface area contributed by atoms with Gasteiger partial charge in [-0.1, -0.05) is 127 Å². The van der Waals surface area contributed by atoms with Crippen LogP contribution in [0.2, 0.25) is 0 Å². The molecule has 1 heterocycles. The van der Waals surface area contributed by atoms with Crippen LogP contribution in [0.4, 0.5) is 0 Å². The summed E-state index contributed by atoms with van der Waals surface area (Å²) in [7, 11) is 0. The van der Waals surface area contributed by atoms with Gasteiger partial charge in [-0.3, -0.25) is 0 Å². The third kappa shape index (κ3) is 3.79. The number of furan rings is 1. The first kappa shape index (κ1) is 12.3. The first-order valence-corrected chi connectivity index (χ1v) is 13.3. The third-order valence-corrected chi connectivity index (χ3v) is 7.44. The maximum absolute atomic E-state index is 9.67. The predicted octanol–water partition coefficient (Wildman–Crippen LogP) is 12.0. The van der Waals surface area contributed by atoms with Gasteiger partial charge in [0, 0.05) is 10.8 Å². The van der Waals surface area contributed by atoms with Crippen LogP contribution >= 0.6 is 0 Å². The van der Waals surface area contributed by atoms with Gasteiger partial charge in [0.25, 0.3) is 0 Å². The topological polar surface area (TPSA) is 13.1 Å². The van der Waals surface area contributed by atoms with Gasteiger partial charge in [0.2, 0.25) is 0 Å². The second kappa shape index (κ2) is 9.44. The highest BCUT2D eigenvalue weighted by Crippen LogP contribution is 2.45. The summed E-state index contributed by atoms with van der Waals surface area (Å²) in [5.41, 5.74) is -1.34. The molecule has 0 saturated carbocycles. The highest BCUT2D eigenvalue weighted by Gasteiger charge is 2.18. The van der Waals surface area contributed by atoms with E-state index in [1.807, 2.05) is 0 Å². The van der Waals surface area contributed by atoms with Crippen molar-refractivity contribution in [3.63, 3.8) is 0 Å². The lowest BCUT2D eigenvalue weighted by atomic mass is 9.85. The largest absolute Gasteiger partial charge is 0.456 e. The normalized spacial score (nSPS) is 17.6. The Kier molecular flexibility index (Phi) is 2.70. The SMILES string of the molecule is [2H]c1c([2H])c(-c2c([2H])c([2H])c3c([2H])c([2H])c([2H])c([2H])c3c2[2H])c([2H])c(-c2c3ccccc3c(-c3c([2H])c([2H])c4oc5c([2H])c([2H])c([2H])c([2H])c5c4c3[2H])c3ccccc23)c1[2H]. The number of fused-ring (bicyclic) bond motifs is 6. The Morgan fingerprint density at radius 3 is 1.67 bits per heavy atom. The smallest absolute Gasteiger partial charge is 0.135 e. The first-order valence-electron chi connectivity index (χ1n) is 22.3. The van der Waals surface area contributed by atoms with E-state index >= 15 is 0 Å². The Hall–Kier alpha value is -5.66. The maximum Gasteiger partial charge on any atom is 0.135 e. The van der Waals surface area contributed by atoms with Gasteiger partial charge in [0.1, 0.15) is 11.2 Å². The van der Waals surface area contributed by atoms with Crippen LogP contribution in [0, 0.1) is 0 Å². The molecule has 0 aliphatic heterocycles. The van der Waals surface area contributed by atoms with E-state index in [0.29, 0.717) is 21.5 Å².